The van der Waals surface area contributed by atoms with E-state index in [1.165, 1.54) is 19.3 Å². The van der Waals surface area contributed by atoms with E-state index in [0.29, 0.717) is 10.6 Å². The highest BCUT2D eigenvalue weighted by atomic mass is 35.5. The van der Waals surface area contributed by atoms with Crippen LogP contribution in [-0.2, 0) is 12.4 Å². The van der Waals surface area contributed by atoms with Crippen molar-refractivity contribution in [3.05, 3.63) is 23.7 Å². The Morgan fingerprint density at radius 1 is 1.37 bits per heavy atom. The second-order valence-electron chi connectivity index (χ2n) is 5.28. The minimum atomic E-state index is 0.361. The average molecular weight is 296 g/mol. The molecule has 102 valence electrons. The molecule has 1 fully saturated rings. The monoisotopic (exact) mass is 295 g/mol. The standard InChI is InChI=1S/C14H18ClN3S/c1-10-4-5-11-13(16-10)18(12(8-15)17-11)9-14(19-2)6-3-7-14/h4-5H,3,6-9H2,1-2H3. The summed E-state index contributed by atoms with van der Waals surface area (Å²) in [6, 6.07) is 4.04. The summed E-state index contributed by atoms with van der Waals surface area (Å²) in [5, 5.41) is 0. The van der Waals surface area contributed by atoms with E-state index in [9.17, 15) is 0 Å². The van der Waals surface area contributed by atoms with E-state index >= 15 is 0 Å². The summed E-state index contributed by atoms with van der Waals surface area (Å²) in [5.41, 5.74) is 2.97. The molecule has 0 unspecified atom stereocenters. The minimum Gasteiger partial charge on any atom is -0.310 e. The lowest BCUT2D eigenvalue weighted by Gasteiger charge is -2.40. The number of rotatable bonds is 4. The fourth-order valence-corrected chi connectivity index (χ4v) is 3.86. The number of fused-ring (bicyclic) bond motifs is 1. The Kier molecular flexibility index (Phi) is 3.48. The molecule has 2 aromatic heterocycles. The lowest BCUT2D eigenvalue weighted by molar-refractivity contribution is 0.322. The number of hydrogen-bond acceptors (Lipinski definition) is 3. The molecule has 1 aliphatic carbocycles. The van der Waals surface area contributed by atoms with Crippen LogP contribution in [0.2, 0.25) is 0 Å². The normalized spacial score (nSPS) is 17.6. The molecule has 0 saturated heterocycles. The van der Waals surface area contributed by atoms with Gasteiger partial charge in [-0.3, -0.25) is 0 Å². The fourth-order valence-electron chi connectivity index (χ4n) is 2.70. The van der Waals surface area contributed by atoms with Gasteiger partial charge in [0.2, 0.25) is 0 Å². The van der Waals surface area contributed by atoms with E-state index in [1.54, 1.807) is 0 Å². The molecule has 0 radical (unpaired) electrons. The van der Waals surface area contributed by atoms with Gasteiger partial charge < -0.3 is 4.57 Å². The molecule has 1 saturated carbocycles. The molecule has 0 aromatic carbocycles. The van der Waals surface area contributed by atoms with Crippen molar-refractivity contribution in [2.45, 2.75) is 43.4 Å². The molecular weight excluding hydrogens is 278 g/mol. The van der Waals surface area contributed by atoms with Gasteiger partial charge in [0.1, 0.15) is 11.3 Å². The first-order valence-electron chi connectivity index (χ1n) is 6.61. The highest BCUT2D eigenvalue weighted by molar-refractivity contribution is 8.00. The van der Waals surface area contributed by atoms with E-state index in [2.05, 4.69) is 20.8 Å². The quantitative estimate of drug-likeness (QED) is 0.805. The smallest absolute Gasteiger partial charge is 0.160 e. The molecule has 3 nitrogen and oxygen atoms in total. The lowest BCUT2D eigenvalue weighted by atomic mass is 9.84. The van der Waals surface area contributed by atoms with Crippen LogP contribution in [0.4, 0.5) is 0 Å². The maximum absolute atomic E-state index is 6.06. The minimum absolute atomic E-state index is 0.361. The van der Waals surface area contributed by atoms with Gasteiger partial charge in [0, 0.05) is 17.0 Å². The predicted octanol–water partition coefficient (Wildman–Crippen LogP) is 3.76. The van der Waals surface area contributed by atoms with Crippen LogP contribution in [0.1, 0.15) is 30.8 Å². The van der Waals surface area contributed by atoms with Crippen molar-refractivity contribution in [2.24, 2.45) is 0 Å². The Labute approximate surface area is 122 Å². The molecule has 0 spiro atoms. The van der Waals surface area contributed by atoms with Crippen molar-refractivity contribution in [2.75, 3.05) is 6.26 Å². The number of halogens is 1. The van der Waals surface area contributed by atoms with E-state index < -0.39 is 0 Å². The van der Waals surface area contributed by atoms with Gasteiger partial charge in [-0.1, -0.05) is 6.42 Å². The number of thioether (sulfide) groups is 1. The van der Waals surface area contributed by atoms with Crippen LogP contribution < -0.4 is 0 Å². The molecule has 0 amide bonds. The van der Waals surface area contributed by atoms with Gasteiger partial charge in [0.25, 0.3) is 0 Å². The van der Waals surface area contributed by atoms with Crippen LogP contribution in [0.3, 0.4) is 0 Å². The number of pyridine rings is 1. The van der Waals surface area contributed by atoms with Crippen molar-refractivity contribution in [3.63, 3.8) is 0 Å². The summed E-state index contributed by atoms with van der Waals surface area (Å²) < 4.78 is 2.59. The van der Waals surface area contributed by atoms with Crippen LogP contribution in [-0.4, -0.2) is 25.5 Å². The summed E-state index contributed by atoms with van der Waals surface area (Å²) in [6.07, 6.45) is 6.09. The van der Waals surface area contributed by atoms with Gasteiger partial charge >= 0.3 is 0 Å². The molecule has 0 aliphatic heterocycles. The Morgan fingerprint density at radius 3 is 2.74 bits per heavy atom. The zero-order chi connectivity index (χ0) is 13.5. The summed E-state index contributed by atoms with van der Waals surface area (Å²) in [6.45, 7) is 2.99. The number of nitrogens with zero attached hydrogens (tertiary/aromatic N) is 3. The van der Waals surface area contributed by atoms with Crippen molar-refractivity contribution in [3.8, 4) is 0 Å². The van der Waals surface area contributed by atoms with Gasteiger partial charge in [-0.2, -0.15) is 11.8 Å². The van der Waals surface area contributed by atoms with Crippen LogP contribution in [0.15, 0.2) is 12.1 Å². The first-order valence-corrected chi connectivity index (χ1v) is 8.37. The van der Waals surface area contributed by atoms with Crippen molar-refractivity contribution < 1.29 is 0 Å². The summed E-state index contributed by atoms with van der Waals surface area (Å²) in [7, 11) is 0. The maximum Gasteiger partial charge on any atom is 0.160 e. The van der Waals surface area contributed by atoms with Crippen molar-refractivity contribution in [1.29, 1.82) is 0 Å². The fraction of sp³-hybridized carbons (Fsp3) is 0.571. The van der Waals surface area contributed by atoms with Gasteiger partial charge in [-0.15, -0.1) is 11.6 Å². The third-order valence-electron chi connectivity index (χ3n) is 4.07. The third-order valence-corrected chi connectivity index (χ3v) is 5.72. The molecule has 0 atom stereocenters. The highest BCUT2D eigenvalue weighted by Crippen LogP contribution is 2.44. The largest absolute Gasteiger partial charge is 0.310 e. The topological polar surface area (TPSA) is 30.7 Å². The molecule has 5 heteroatoms. The molecule has 0 bridgehead atoms. The van der Waals surface area contributed by atoms with E-state index in [-0.39, 0.29) is 0 Å². The lowest BCUT2D eigenvalue weighted by Crippen LogP contribution is -2.38. The summed E-state index contributed by atoms with van der Waals surface area (Å²) in [5.74, 6) is 1.38. The number of alkyl halides is 1. The average Bonchev–Trinajstić information content (AvgIpc) is 2.71. The Balaban J connectivity index is 2.07. The van der Waals surface area contributed by atoms with Crippen molar-refractivity contribution >= 4 is 34.5 Å². The number of aryl methyl sites for hydroxylation is 1. The second kappa shape index (κ2) is 4.98. The second-order valence-corrected chi connectivity index (χ2v) is 6.83. The molecule has 1 aliphatic rings. The maximum atomic E-state index is 6.06. The van der Waals surface area contributed by atoms with Gasteiger partial charge in [-0.25, -0.2) is 9.97 Å². The highest BCUT2D eigenvalue weighted by Gasteiger charge is 2.37. The number of imidazole rings is 1. The summed E-state index contributed by atoms with van der Waals surface area (Å²) >= 11 is 8.03. The molecule has 0 N–H and O–H groups in total. The van der Waals surface area contributed by atoms with Gasteiger partial charge in [0.05, 0.1) is 5.88 Å². The van der Waals surface area contributed by atoms with Crippen LogP contribution >= 0.6 is 23.4 Å². The molecule has 2 heterocycles. The van der Waals surface area contributed by atoms with Gasteiger partial charge in [-0.05, 0) is 38.2 Å². The zero-order valence-electron chi connectivity index (χ0n) is 11.3. The Hall–Kier alpha value is -0.740. The summed E-state index contributed by atoms with van der Waals surface area (Å²) in [4.78, 5) is 9.26. The SMILES string of the molecule is CSC1(Cn2c(CCl)nc3ccc(C)nc32)CCC1. The molecular formula is C14H18ClN3S. The molecule has 19 heavy (non-hydrogen) atoms. The molecule has 2 aromatic rings. The zero-order valence-corrected chi connectivity index (χ0v) is 12.9. The van der Waals surface area contributed by atoms with Crippen molar-refractivity contribution in [1.82, 2.24) is 14.5 Å². The molecule has 3 rings (SSSR count). The third kappa shape index (κ3) is 2.25. The Morgan fingerprint density at radius 2 is 2.16 bits per heavy atom. The first-order chi connectivity index (χ1) is 9.17. The van der Waals surface area contributed by atoms with Gasteiger partial charge in [0.15, 0.2) is 5.65 Å². The van der Waals surface area contributed by atoms with E-state index in [1.807, 2.05) is 30.8 Å². The van der Waals surface area contributed by atoms with Crippen LogP contribution in [0, 0.1) is 6.92 Å². The van der Waals surface area contributed by atoms with Crippen LogP contribution in [0.5, 0.6) is 0 Å². The number of hydrogen-bond donors (Lipinski definition) is 0. The van der Waals surface area contributed by atoms with E-state index in [4.69, 9.17) is 11.6 Å². The number of aromatic nitrogens is 3. The predicted molar refractivity (Wildman–Crippen MR) is 81.9 cm³/mol. The van der Waals surface area contributed by atoms with E-state index in [0.717, 1.165) is 29.2 Å². The van der Waals surface area contributed by atoms with Crippen LogP contribution in [0.25, 0.3) is 11.2 Å². The Bertz CT molecular complexity index is 598. The first kappa shape index (κ1) is 13.3.